The number of hydrogen-bond donors (Lipinski definition) is 1. The number of amides is 1. The lowest BCUT2D eigenvalue weighted by Gasteiger charge is -2.13. The summed E-state index contributed by atoms with van der Waals surface area (Å²) >= 11 is 0. The van der Waals surface area contributed by atoms with Gasteiger partial charge in [0.1, 0.15) is 12.3 Å². The molecule has 7 nitrogen and oxygen atoms in total. The van der Waals surface area contributed by atoms with Crippen molar-refractivity contribution in [3.8, 4) is 17.1 Å². The molecule has 0 aliphatic rings. The minimum Gasteiger partial charge on any atom is -0.497 e. The van der Waals surface area contributed by atoms with Crippen LogP contribution in [-0.2, 0) is 11.3 Å². The molecule has 0 bridgehead atoms. The zero-order chi connectivity index (χ0) is 17.6. The first-order valence-electron chi connectivity index (χ1n) is 7.92. The highest BCUT2D eigenvalue weighted by Gasteiger charge is 2.12. The van der Waals surface area contributed by atoms with E-state index in [0.29, 0.717) is 5.82 Å². The Morgan fingerprint density at radius 3 is 2.56 bits per heavy atom. The van der Waals surface area contributed by atoms with Gasteiger partial charge in [0.2, 0.25) is 11.7 Å². The van der Waals surface area contributed by atoms with E-state index in [4.69, 9.17) is 4.74 Å². The van der Waals surface area contributed by atoms with E-state index in [1.165, 1.54) is 4.80 Å². The normalized spacial score (nSPS) is 11.8. The highest BCUT2D eigenvalue weighted by molar-refractivity contribution is 5.76. The van der Waals surface area contributed by atoms with Crippen LogP contribution in [0.1, 0.15) is 18.5 Å². The molecule has 3 aromatic rings. The highest BCUT2D eigenvalue weighted by atomic mass is 16.5. The molecule has 1 aromatic heterocycles. The summed E-state index contributed by atoms with van der Waals surface area (Å²) < 4.78 is 5.12. The number of rotatable bonds is 6. The van der Waals surface area contributed by atoms with Crippen molar-refractivity contribution in [2.24, 2.45) is 0 Å². The van der Waals surface area contributed by atoms with Gasteiger partial charge in [-0.3, -0.25) is 4.79 Å². The first-order valence-corrected chi connectivity index (χ1v) is 7.92. The van der Waals surface area contributed by atoms with E-state index in [0.717, 1.165) is 16.9 Å². The van der Waals surface area contributed by atoms with Crippen LogP contribution in [0, 0.1) is 0 Å². The molecule has 2 aromatic carbocycles. The summed E-state index contributed by atoms with van der Waals surface area (Å²) in [6, 6.07) is 17.0. The summed E-state index contributed by atoms with van der Waals surface area (Å²) in [4.78, 5) is 13.5. The molecule has 0 radical (unpaired) electrons. The van der Waals surface area contributed by atoms with E-state index in [2.05, 4.69) is 20.7 Å². The molecule has 0 unspecified atom stereocenters. The number of carbonyl (C=O) groups excluding carboxylic acids is 1. The zero-order valence-electron chi connectivity index (χ0n) is 14.1. The van der Waals surface area contributed by atoms with Crippen LogP contribution < -0.4 is 10.1 Å². The fraction of sp³-hybridized carbons (Fsp3) is 0.222. The number of ether oxygens (including phenoxy) is 1. The fourth-order valence-corrected chi connectivity index (χ4v) is 2.41. The van der Waals surface area contributed by atoms with Crippen LogP contribution in [0.5, 0.6) is 5.75 Å². The Balaban J connectivity index is 1.61. The molecule has 7 heteroatoms. The van der Waals surface area contributed by atoms with Gasteiger partial charge in [-0.15, -0.1) is 10.2 Å². The van der Waals surface area contributed by atoms with Crippen molar-refractivity contribution in [1.29, 1.82) is 0 Å². The first kappa shape index (κ1) is 16.6. The van der Waals surface area contributed by atoms with Crippen LogP contribution in [-0.4, -0.2) is 33.2 Å². The second-order valence-electron chi connectivity index (χ2n) is 5.57. The average Bonchev–Trinajstić information content (AvgIpc) is 3.10. The minimum atomic E-state index is -0.171. The largest absolute Gasteiger partial charge is 0.497 e. The topological polar surface area (TPSA) is 81.9 Å². The molecule has 0 spiro atoms. The van der Waals surface area contributed by atoms with Crippen LogP contribution in [0.2, 0.25) is 0 Å². The predicted molar refractivity (Wildman–Crippen MR) is 92.8 cm³/mol. The van der Waals surface area contributed by atoms with Crippen molar-refractivity contribution in [2.45, 2.75) is 19.5 Å². The lowest BCUT2D eigenvalue weighted by Crippen LogP contribution is -2.30. The van der Waals surface area contributed by atoms with Gasteiger partial charge < -0.3 is 10.1 Å². The van der Waals surface area contributed by atoms with Gasteiger partial charge in [-0.1, -0.05) is 30.3 Å². The maximum Gasteiger partial charge on any atom is 0.244 e. The van der Waals surface area contributed by atoms with E-state index in [1.54, 1.807) is 7.11 Å². The Morgan fingerprint density at radius 2 is 1.88 bits per heavy atom. The van der Waals surface area contributed by atoms with Gasteiger partial charge in [-0.05, 0) is 42.0 Å². The van der Waals surface area contributed by atoms with Gasteiger partial charge in [-0.25, -0.2) is 0 Å². The summed E-state index contributed by atoms with van der Waals surface area (Å²) in [6.07, 6.45) is 0. The third-order valence-corrected chi connectivity index (χ3v) is 3.76. The molecule has 0 saturated carbocycles. The van der Waals surface area contributed by atoms with E-state index in [1.807, 2.05) is 61.5 Å². The van der Waals surface area contributed by atoms with Gasteiger partial charge in [0, 0.05) is 5.56 Å². The summed E-state index contributed by atoms with van der Waals surface area (Å²) in [5.74, 6) is 1.05. The quantitative estimate of drug-likeness (QED) is 0.746. The van der Waals surface area contributed by atoms with Gasteiger partial charge in [0.25, 0.3) is 0 Å². The van der Waals surface area contributed by atoms with Crippen molar-refractivity contribution in [3.05, 3.63) is 60.2 Å². The van der Waals surface area contributed by atoms with E-state index >= 15 is 0 Å². The van der Waals surface area contributed by atoms with Crippen molar-refractivity contribution in [3.63, 3.8) is 0 Å². The maximum atomic E-state index is 12.2. The monoisotopic (exact) mass is 337 g/mol. The molecule has 1 heterocycles. The van der Waals surface area contributed by atoms with E-state index in [9.17, 15) is 4.79 Å². The standard InChI is InChI=1S/C18H19N5O2/c1-13(14-6-4-3-5-7-14)19-17(24)12-23-21-18(20-22-23)15-8-10-16(25-2)11-9-15/h3-11,13H,12H2,1-2H3,(H,19,24)/t13-/m1/s1. The number of tetrazole rings is 1. The van der Waals surface area contributed by atoms with Crippen LogP contribution in [0.15, 0.2) is 54.6 Å². The van der Waals surface area contributed by atoms with Crippen LogP contribution in [0.3, 0.4) is 0 Å². The highest BCUT2D eigenvalue weighted by Crippen LogP contribution is 2.18. The third-order valence-electron chi connectivity index (χ3n) is 3.76. The van der Waals surface area contributed by atoms with Crippen LogP contribution in [0.4, 0.5) is 0 Å². The van der Waals surface area contributed by atoms with Gasteiger partial charge in [-0.2, -0.15) is 4.80 Å². The Hall–Kier alpha value is -3.22. The third kappa shape index (κ3) is 4.20. The lowest BCUT2D eigenvalue weighted by molar-refractivity contribution is -0.122. The zero-order valence-corrected chi connectivity index (χ0v) is 14.1. The van der Waals surface area contributed by atoms with Gasteiger partial charge in [0.05, 0.1) is 13.2 Å². The Labute approximate surface area is 145 Å². The molecule has 1 amide bonds. The summed E-state index contributed by atoms with van der Waals surface area (Å²) in [6.45, 7) is 1.95. The number of nitrogens with zero attached hydrogens (tertiary/aromatic N) is 4. The first-order chi connectivity index (χ1) is 12.2. The smallest absolute Gasteiger partial charge is 0.244 e. The van der Waals surface area contributed by atoms with E-state index in [-0.39, 0.29) is 18.5 Å². The summed E-state index contributed by atoms with van der Waals surface area (Å²) in [5.41, 5.74) is 1.85. The Bertz CT molecular complexity index is 830. The SMILES string of the molecule is COc1ccc(-c2nnn(CC(=O)N[C@H](C)c3ccccc3)n2)cc1. The average molecular weight is 337 g/mol. The molecule has 0 aliphatic carbocycles. The van der Waals surface area contributed by atoms with Gasteiger partial charge >= 0.3 is 0 Å². The molecule has 3 rings (SSSR count). The summed E-state index contributed by atoms with van der Waals surface area (Å²) in [5, 5.41) is 15.1. The Kier molecular flexibility index (Phi) is 5.03. The number of nitrogens with one attached hydrogen (secondary N) is 1. The van der Waals surface area contributed by atoms with Crippen LogP contribution in [0.25, 0.3) is 11.4 Å². The maximum absolute atomic E-state index is 12.2. The molecule has 0 aliphatic heterocycles. The number of carbonyl (C=O) groups is 1. The summed E-state index contributed by atoms with van der Waals surface area (Å²) in [7, 11) is 1.61. The fourth-order valence-electron chi connectivity index (χ4n) is 2.41. The molecular formula is C18H19N5O2. The van der Waals surface area contributed by atoms with Gasteiger partial charge in [0.15, 0.2) is 0 Å². The van der Waals surface area contributed by atoms with Crippen molar-refractivity contribution in [1.82, 2.24) is 25.5 Å². The number of hydrogen-bond acceptors (Lipinski definition) is 5. The van der Waals surface area contributed by atoms with E-state index < -0.39 is 0 Å². The lowest BCUT2D eigenvalue weighted by atomic mass is 10.1. The molecular weight excluding hydrogens is 318 g/mol. The van der Waals surface area contributed by atoms with Crippen molar-refractivity contribution >= 4 is 5.91 Å². The molecule has 1 atom stereocenters. The molecule has 1 N–H and O–H groups in total. The predicted octanol–water partition coefficient (Wildman–Crippen LogP) is 2.23. The molecule has 0 fully saturated rings. The number of aromatic nitrogens is 4. The van der Waals surface area contributed by atoms with Crippen molar-refractivity contribution in [2.75, 3.05) is 7.11 Å². The molecule has 0 saturated heterocycles. The minimum absolute atomic E-state index is 0.0142. The number of benzene rings is 2. The van der Waals surface area contributed by atoms with Crippen molar-refractivity contribution < 1.29 is 9.53 Å². The molecule has 128 valence electrons. The van der Waals surface area contributed by atoms with Crippen LogP contribution >= 0.6 is 0 Å². The second kappa shape index (κ2) is 7.57. The molecule has 25 heavy (non-hydrogen) atoms. The Morgan fingerprint density at radius 1 is 1.16 bits per heavy atom. The second-order valence-corrected chi connectivity index (χ2v) is 5.57. The number of methoxy groups -OCH3 is 1.